The molecule has 0 spiro atoms. The molecule has 3 N–H and O–H groups in total. The van der Waals surface area contributed by atoms with Crippen LogP contribution >= 0.6 is 0 Å². The van der Waals surface area contributed by atoms with Crippen LogP contribution in [0.4, 0.5) is 8.78 Å². The van der Waals surface area contributed by atoms with E-state index >= 15 is 0 Å². The highest BCUT2D eigenvalue weighted by Crippen LogP contribution is 2.40. The van der Waals surface area contributed by atoms with Crippen molar-refractivity contribution in [3.8, 4) is 0 Å². The van der Waals surface area contributed by atoms with Gasteiger partial charge >= 0.3 is 0 Å². The van der Waals surface area contributed by atoms with Gasteiger partial charge in [0.15, 0.2) is 0 Å². The van der Waals surface area contributed by atoms with Crippen molar-refractivity contribution in [2.24, 2.45) is 0 Å². The smallest absolute Gasteiger partial charge is 0.251 e. The van der Waals surface area contributed by atoms with Crippen LogP contribution in [-0.4, -0.2) is 85.2 Å². The molecular formula is C29H40F2N4O3. The highest BCUT2D eigenvalue weighted by molar-refractivity contribution is 5.97. The number of unbranched alkanes of at least 4 members (excludes halogenated alkanes) is 1. The Bertz CT molecular complexity index is 1010. The SMILES string of the molecule is CCO.CN1CCN(C(=O)[C@H](CCCCN[C@@H]2C[C@H]2c2ccc(F)cc2)NC(=O)c2ccc(F)cc2)CC1. The fourth-order valence-corrected chi connectivity index (χ4v) is 4.61. The molecule has 2 aliphatic rings. The number of rotatable bonds is 10. The van der Waals surface area contributed by atoms with Crippen LogP contribution in [0.2, 0.25) is 0 Å². The van der Waals surface area contributed by atoms with Gasteiger partial charge < -0.3 is 25.5 Å². The average molecular weight is 531 g/mol. The van der Waals surface area contributed by atoms with Gasteiger partial charge in [0.05, 0.1) is 0 Å². The molecule has 9 heteroatoms. The topological polar surface area (TPSA) is 84.9 Å². The van der Waals surface area contributed by atoms with Gasteiger partial charge in [-0.15, -0.1) is 0 Å². The molecule has 3 atom stereocenters. The van der Waals surface area contributed by atoms with E-state index in [0.717, 1.165) is 44.5 Å². The standard InChI is InChI=1S/C27H34F2N4O2.C2H6O/c1-32-14-16-33(17-15-32)27(35)24(31-26(34)20-7-11-22(29)12-8-20)4-2-3-13-30-25-18-23(25)19-5-9-21(28)10-6-19;1-2-3/h5-12,23-25,30H,2-4,13-18H2,1H3,(H,31,34);3H,2H2,1H3/t23-,24-,25+;/m0./s1. The van der Waals surface area contributed by atoms with Crippen LogP contribution in [-0.2, 0) is 4.79 Å². The van der Waals surface area contributed by atoms with Gasteiger partial charge in [-0.05, 0) is 88.2 Å². The number of piperazine rings is 1. The minimum absolute atomic E-state index is 0.0555. The molecule has 0 radical (unpaired) electrons. The van der Waals surface area contributed by atoms with Crippen LogP contribution in [0.25, 0.3) is 0 Å². The first-order valence-electron chi connectivity index (χ1n) is 13.5. The molecule has 1 saturated heterocycles. The van der Waals surface area contributed by atoms with Crippen molar-refractivity contribution in [3.05, 3.63) is 71.3 Å². The molecule has 1 saturated carbocycles. The second kappa shape index (κ2) is 14.9. The van der Waals surface area contributed by atoms with Crippen molar-refractivity contribution in [2.75, 3.05) is 46.4 Å². The first kappa shape index (κ1) is 29.7. The zero-order valence-corrected chi connectivity index (χ0v) is 22.3. The fourth-order valence-electron chi connectivity index (χ4n) is 4.61. The van der Waals surface area contributed by atoms with Gasteiger partial charge in [-0.1, -0.05) is 12.1 Å². The lowest BCUT2D eigenvalue weighted by Gasteiger charge is -2.34. The first-order chi connectivity index (χ1) is 18.3. The Hall–Kier alpha value is -2.88. The number of carbonyl (C=O) groups excluding carboxylic acids is 2. The second-order valence-electron chi connectivity index (χ2n) is 9.93. The van der Waals surface area contributed by atoms with Crippen LogP contribution in [0.5, 0.6) is 0 Å². The number of likely N-dealkylation sites (N-methyl/N-ethyl adjacent to an activating group) is 1. The molecule has 38 heavy (non-hydrogen) atoms. The summed E-state index contributed by atoms with van der Waals surface area (Å²) in [6, 6.07) is 11.8. The molecule has 2 fully saturated rings. The van der Waals surface area contributed by atoms with E-state index in [1.807, 2.05) is 24.1 Å². The van der Waals surface area contributed by atoms with Gasteiger partial charge in [-0.3, -0.25) is 9.59 Å². The number of aliphatic hydroxyl groups is 1. The summed E-state index contributed by atoms with van der Waals surface area (Å²) >= 11 is 0. The maximum Gasteiger partial charge on any atom is 0.251 e. The summed E-state index contributed by atoms with van der Waals surface area (Å²) in [4.78, 5) is 30.0. The Morgan fingerprint density at radius 2 is 1.55 bits per heavy atom. The quantitative estimate of drug-likeness (QED) is 0.411. The van der Waals surface area contributed by atoms with Crippen molar-refractivity contribution in [1.29, 1.82) is 0 Å². The van der Waals surface area contributed by atoms with Gasteiger partial charge in [0.2, 0.25) is 5.91 Å². The Balaban J connectivity index is 0.00000127. The zero-order valence-electron chi connectivity index (χ0n) is 22.3. The van der Waals surface area contributed by atoms with E-state index in [1.54, 1.807) is 6.92 Å². The number of hydrogen-bond acceptors (Lipinski definition) is 5. The van der Waals surface area contributed by atoms with E-state index in [0.29, 0.717) is 37.0 Å². The molecule has 1 aliphatic carbocycles. The number of nitrogens with one attached hydrogen (secondary N) is 2. The van der Waals surface area contributed by atoms with Gasteiger partial charge in [-0.2, -0.15) is 0 Å². The molecule has 4 rings (SSSR count). The van der Waals surface area contributed by atoms with E-state index in [1.165, 1.54) is 36.4 Å². The van der Waals surface area contributed by atoms with Crippen LogP contribution in [0.1, 0.15) is 54.4 Å². The molecule has 7 nitrogen and oxygen atoms in total. The highest BCUT2D eigenvalue weighted by Gasteiger charge is 2.37. The lowest BCUT2D eigenvalue weighted by Crippen LogP contribution is -2.54. The van der Waals surface area contributed by atoms with Gasteiger partial charge in [0.25, 0.3) is 5.91 Å². The lowest BCUT2D eigenvalue weighted by atomic mass is 10.1. The lowest BCUT2D eigenvalue weighted by molar-refractivity contribution is -0.135. The Morgan fingerprint density at radius 3 is 2.16 bits per heavy atom. The molecule has 2 aromatic carbocycles. The number of carbonyl (C=O) groups is 2. The van der Waals surface area contributed by atoms with E-state index < -0.39 is 11.9 Å². The summed E-state index contributed by atoms with van der Waals surface area (Å²) in [6.45, 7) is 5.66. The van der Waals surface area contributed by atoms with Crippen molar-refractivity contribution in [3.63, 3.8) is 0 Å². The summed E-state index contributed by atoms with van der Waals surface area (Å²) in [5, 5.41) is 14.0. The number of hydrogen-bond donors (Lipinski definition) is 3. The normalized spacial score (nSPS) is 19.8. The van der Waals surface area contributed by atoms with Crippen molar-refractivity contribution in [2.45, 2.75) is 50.6 Å². The maximum absolute atomic E-state index is 13.2. The fraction of sp³-hybridized carbons (Fsp3) is 0.517. The van der Waals surface area contributed by atoms with Crippen molar-refractivity contribution in [1.82, 2.24) is 20.4 Å². The zero-order chi connectivity index (χ0) is 27.5. The van der Waals surface area contributed by atoms with Gasteiger partial charge in [0, 0.05) is 50.3 Å². The number of benzene rings is 2. The highest BCUT2D eigenvalue weighted by atomic mass is 19.1. The molecule has 2 aromatic rings. The predicted molar refractivity (Wildman–Crippen MR) is 144 cm³/mol. The predicted octanol–water partition coefficient (Wildman–Crippen LogP) is 3.15. The second-order valence-corrected chi connectivity index (χ2v) is 9.93. The minimum Gasteiger partial charge on any atom is -0.397 e. The summed E-state index contributed by atoms with van der Waals surface area (Å²) in [5.74, 6) is -0.615. The van der Waals surface area contributed by atoms with Crippen molar-refractivity contribution < 1.29 is 23.5 Å². The third-order valence-corrected chi connectivity index (χ3v) is 6.94. The summed E-state index contributed by atoms with van der Waals surface area (Å²) in [6.07, 6.45) is 3.26. The number of aliphatic hydroxyl groups excluding tert-OH is 1. The van der Waals surface area contributed by atoms with E-state index in [9.17, 15) is 18.4 Å². The molecule has 1 aliphatic heterocycles. The molecule has 0 aromatic heterocycles. The molecule has 0 unspecified atom stereocenters. The number of halogens is 2. The Labute approximate surface area is 224 Å². The van der Waals surface area contributed by atoms with E-state index in [-0.39, 0.29) is 24.2 Å². The summed E-state index contributed by atoms with van der Waals surface area (Å²) in [7, 11) is 2.03. The third-order valence-electron chi connectivity index (χ3n) is 6.94. The monoisotopic (exact) mass is 530 g/mol. The molecule has 208 valence electrons. The first-order valence-corrected chi connectivity index (χ1v) is 13.5. The van der Waals surface area contributed by atoms with Gasteiger partial charge in [-0.25, -0.2) is 8.78 Å². The van der Waals surface area contributed by atoms with Crippen molar-refractivity contribution >= 4 is 11.8 Å². The molecule has 2 amide bonds. The Kier molecular flexibility index (Phi) is 11.6. The largest absolute Gasteiger partial charge is 0.397 e. The molecule has 1 heterocycles. The maximum atomic E-state index is 13.2. The van der Waals surface area contributed by atoms with Crippen LogP contribution in [0.15, 0.2) is 48.5 Å². The minimum atomic E-state index is -0.608. The average Bonchev–Trinajstić information content (AvgIpc) is 3.68. The molecule has 0 bridgehead atoms. The van der Waals surface area contributed by atoms with Crippen LogP contribution in [0.3, 0.4) is 0 Å². The number of amides is 2. The number of nitrogens with zero attached hydrogens (tertiary/aromatic N) is 2. The van der Waals surface area contributed by atoms with E-state index in [4.69, 9.17) is 5.11 Å². The summed E-state index contributed by atoms with van der Waals surface area (Å²) in [5.41, 5.74) is 1.50. The summed E-state index contributed by atoms with van der Waals surface area (Å²) < 4.78 is 26.4. The van der Waals surface area contributed by atoms with E-state index in [2.05, 4.69) is 15.5 Å². The van der Waals surface area contributed by atoms with Gasteiger partial charge in [0.1, 0.15) is 17.7 Å². The Morgan fingerprint density at radius 1 is 0.974 bits per heavy atom. The molecular weight excluding hydrogens is 490 g/mol. The third kappa shape index (κ3) is 9.15. The van der Waals surface area contributed by atoms with Crippen LogP contribution < -0.4 is 10.6 Å². The van der Waals surface area contributed by atoms with Crippen LogP contribution in [0, 0.1) is 11.6 Å².